The molecule has 3 N–H and O–H groups in total. The van der Waals surface area contributed by atoms with Crippen LogP contribution in [-0.4, -0.2) is 27.1 Å². The summed E-state index contributed by atoms with van der Waals surface area (Å²) in [5, 5.41) is 13.1. The maximum Gasteiger partial charge on any atom is 0.338 e. The summed E-state index contributed by atoms with van der Waals surface area (Å²) in [6.07, 6.45) is 5.46. The van der Waals surface area contributed by atoms with Crippen LogP contribution in [0.2, 0.25) is 0 Å². The molecule has 0 radical (unpaired) electrons. The second kappa shape index (κ2) is 3.23. The van der Waals surface area contributed by atoms with Gasteiger partial charge >= 0.3 is 5.97 Å². The molecule has 0 unspecified atom stereocenters. The van der Waals surface area contributed by atoms with Crippen molar-refractivity contribution in [2.75, 3.05) is 5.32 Å². The number of nitrogens with zero attached hydrogens (tertiary/aromatic N) is 1. The van der Waals surface area contributed by atoms with E-state index in [9.17, 15) is 4.79 Å². The lowest BCUT2D eigenvalue weighted by Crippen LogP contribution is -2.03. The van der Waals surface area contributed by atoms with Crippen molar-refractivity contribution >= 4 is 22.7 Å². The van der Waals surface area contributed by atoms with E-state index in [-0.39, 0.29) is 5.56 Å². The first kappa shape index (κ1) is 9.21. The van der Waals surface area contributed by atoms with Crippen LogP contribution >= 0.6 is 0 Å². The molecule has 1 fully saturated rings. The fourth-order valence-corrected chi connectivity index (χ4v) is 1.79. The number of rotatable bonds is 3. The van der Waals surface area contributed by atoms with Crippen LogP contribution in [0.4, 0.5) is 5.69 Å². The number of hydrogen-bond donors (Lipinski definition) is 3. The third-order valence-electron chi connectivity index (χ3n) is 2.74. The van der Waals surface area contributed by atoms with E-state index in [4.69, 9.17) is 5.11 Å². The van der Waals surface area contributed by atoms with Crippen LogP contribution in [0.5, 0.6) is 0 Å². The molecule has 0 bridgehead atoms. The number of fused-ring (bicyclic) bond motifs is 1. The lowest BCUT2D eigenvalue weighted by atomic mass is 10.2. The van der Waals surface area contributed by atoms with E-state index >= 15 is 0 Å². The Morgan fingerprint density at radius 3 is 3.06 bits per heavy atom. The molecule has 2 aromatic rings. The third-order valence-corrected chi connectivity index (χ3v) is 2.74. The number of carbonyl (C=O) groups is 1. The second-order valence-electron chi connectivity index (χ2n) is 4.01. The smallest absolute Gasteiger partial charge is 0.338 e. The molecule has 5 heteroatoms. The first-order valence-corrected chi connectivity index (χ1v) is 5.21. The number of carboxylic acid groups (broad SMARTS) is 1. The normalized spacial score (nSPS) is 15.2. The predicted molar refractivity (Wildman–Crippen MR) is 59.7 cm³/mol. The standard InChI is InChI=1S/C11H11N3O2/c15-11(16)7-5-13-10-9(7)8(3-4-12-10)14-6-1-2-6/h3-6H,1-2H2,(H,15,16)(H2,12,13,14). The van der Waals surface area contributed by atoms with Gasteiger partial charge in [-0.3, -0.25) is 0 Å². The number of aromatic carboxylic acids is 1. The highest BCUT2D eigenvalue weighted by molar-refractivity contribution is 6.07. The Labute approximate surface area is 91.5 Å². The fraction of sp³-hybridized carbons (Fsp3) is 0.273. The minimum absolute atomic E-state index is 0.270. The summed E-state index contributed by atoms with van der Waals surface area (Å²) in [6.45, 7) is 0. The Balaban J connectivity index is 2.17. The van der Waals surface area contributed by atoms with Gasteiger partial charge in [-0.1, -0.05) is 0 Å². The maximum atomic E-state index is 11.1. The van der Waals surface area contributed by atoms with E-state index in [0.717, 1.165) is 18.5 Å². The molecule has 5 nitrogen and oxygen atoms in total. The van der Waals surface area contributed by atoms with Crippen LogP contribution in [0.25, 0.3) is 11.0 Å². The Bertz CT molecular complexity index is 557. The molecule has 1 saturated carbocycles. The number of nitrogens with one attached hydrogen (secondary N) is 2. The van der Waals surface area contributed by atoms with Gasteiger partial charge in [-0.25, -0.2) is 9.78 Å². The molecule has 82 valence electrons. The van der Waals surface area contributed by atoms with Crippen molar-refractivity contribution in [1.29, 1.82) is 0 Å². The predicted octanol–water partition coefficient (Wildman–Crippen LogP) is 1.84. The van der Waals surface area contributed by atoms with Crippen molar-refractivity contribution in [3.63, 3.8) is 0 Å². The second-order valence-corrected chi connectivity index (χ2v) is 4.01. The summed E-state index contributed by atoms with van der Waals surface area (Å²) in [4.78, 5) is 18.0. The molecule has 3 rings (SSSR count). The molecule has 2 aromatic heterocycles. The van der Waals surface area contributed by atoms with Gasteiger partial charge < -0.3 is 15.4 Å². The van der Waals surface area contributed by atoms with Gasteiger partial charge in [0.25, 0.3) is 0 Å². The number of aromatic amines is 1. The van der Waals surface area contributed by atoms with E-state index < -0.39 is 5.97 Å². The zero-order valence-electron chi connectivity index (χ0n) is 8.53. The van der Waals surface area contributed by atoms with Crippen molar-refractivity contribution in [3.8, 4) is 0 Å². The van der Waals surface area contributed by atoms with Gasteiger partial charge in [0.05, 0.1) is 10.9 Å². The topological polar surface area (TPSA) is 78.0 Å². The van der Waals surface area contributed by atoms with Crippen LogP contribution in [0, 0.1) is 0 Å². The van der Waals surface area contributed by atoms with Gasteiger partial charge in [0.1, 0.15) is 5.65 Å². The maximum absolute atomic E-state index is 11.1. The van der Waals surface area contributed by atoms with Crippen LogP contribution in [-0.2, 0) is 0 Å². The Morgan fingerprint density at radius 1 is 1.56 bits per heavy atom. The molecule has 0 spiro atoms. The van der Waals surface area contributed by atoms with Crippen LogP contribution in [0.1, 0.15) is 23.2 Å². The van der Waals surface area contributed by atoms with Crippen LogP contribution in [0.15, 0.2) is 18.5 Å². The van der Waals surface area contributed by atoms with E-state index in [1.165, 1.54) is 6.20 Å². The van der Waals surface area contributed by atoms with Crippen molar-refractivity contribution in [2.24, 2.45) is 0 Å². The molecule has 0 aromatic carbocycles. The number of pyridine rings is 1. The van der Waals surface area contributed by atoms with Gasteiger partial charge in [-0.15, -0.1) is 0 Å². The van der Waals surface area contributed by atoms with Gasteiger partial charge in [0.2, 0.25) is 0 Å². The minimum atomic E-state index is -0.932. The molecule has 16 heavy (non-hydrogen) atoms. The van der Waals surface area contributed by atoms with Gasteiger partial charge in [0.15, 0.2) is 0 Å². The first-order valence-electron chi connectivity index (χ1n) is 5.21. The SMILES string of the molecule is O=C(O)c1c[nH]c2nccc(NC3CC3)c12. The zero-order chi connectivity index (χ0) is 11.1. The number of anilines is 1. The average Bonchev–Trinajstić information content (AvgIpc) is 2.95. The molecular formula is C11H11N3O2. The van der Waals surface area contributed by atoms with Gasteiger partial charge in [-0.05, 0) is 18.9 Å². The minimum Gasteiger partial charge on any atom is -0.478 e. The Kier molecular flexibility index (Phi) is 1.86. The quantitative estimate of drug-likeness (QED) is 0.733. The Morgan fingerprint density at radius 2 is 2.38 bits per heavy atom. The summed E-state index contributed by atoms with van der Waals surface area (Å²) < 4.78 is 0. The lowest BCUT2D eigenvalue weighted by molar-refractivity contribution is 0.0699. The molecule has 0 aliphatic heterocycles. The van der Waals surface area contributed by atoms with E-state index in [1.54, 1.807) is 6.20 Å². The van der Waals surface area contributed by atoms with Crippen molar-refractivity contribution in [3.05, 3.63) is 24.0 Å². The largest absolute Gasteiger partial charge is 0.478 e. The fourth-order valence-electron chi connectivity index (χ4n) is 1.79. The molecule has 1 aliphatic carbocycles. The monoisotopic (exact) mass is 217 g/mol. The molecule has 1 aliphatic rings. The highest BCUT2D eigenvalue weighted by Gasteiger charge is 2.23. The summed E-state index contributed by atoms with van der Waals surface area (Å²) in [5.41, 5.74) is 1.74. The van der Waals surface area contributed by atoms with Gasteiger partial charge in [0, 0.05) is 24.1 Å². The highest BCUT2D eigenvalue weighted by Crippen LogP contribution is 2.30. The number of H-pyrrole nitrogens is 1. The first-order chi connectivity index (χ1) is 7.75. The van der Waals surface area contributed by atoms with Crippen molar-refractivity contribution in [1.82, 2.24) is 9.97 Å². The molecule has 0 amide bonds. The number of hydrogen-bond acceptors (Lipinski definition) is 3. The third kappa shape index (κ3) is 1.41. The molecule has 0 atom stereocenters. The average molecular weight is 217 g/mol. The summed E-state index contributed by atoms with van der Waals surface area (Å²) >= 11 is 0. The van der Waals surface area contributed by atoms with E-state index in [1.807, 2.05) is 6.07 Å². The zero-order valence-corrected chi connectivity index (χ0v) is 8.53. The molecule has 2 heterocycles. The molecule has 0 saturated heterocycles. The van der Waals surface area contributed by atoms with Crippen LogP contribution < -0.4 is 5.32 Å². The van der Waals surface area contributed by atoms with Gasteiger partial charge in [-0.2, -0.15) is 0 Å². The van der Waals surface area contributed by atoms with Crippen LogP contribution in [0.3, 0.4) is 0 Å². The van der Waals surface area contributed by atoms with E-state index in [2.05, 4.69) is 15.3 Å². The van der Waals surface area contributed by atoms with Crippen molar-refractivity contribution in [2.45, 2.75) is 18.9 Å². The summed E-state index contributed by atoms with van der Waals surface area (Å²) in [6, 6.07) is 2.31. The van der Waals surface area contributed by atoms with E-state index in [0.29, 0.717) is 17.1 Å². The highest BCUT2D eigenvalue weighted by atomic mass is 16.4. The number of aromatic nitrogens is 2. The summed E-state index contributed by atoms with van der Waals surface area (Å²) in [7, 11) is 0. The Hall–Kier alpha value is -2.04. The lowest BCUT2D eigenvalue weighted by Gasteiger charge is -2.06. The summed E-state index contributed by atoms with van der Waals surface area (Å²) in [5.74, 6) is -0.932. The number of carboxylic acids is 1. The van der Waals surface area contributed by atoms with Crippen molar-refractivity contribution < 1.29 is 9.90 Å². The molecular weight excluding hydrogens is 206 g/mol.